The number of hydrogen-bond donors (Lipinski definition) is 2. The van der Waals surface area contributed by atoms with Crippen LogP contribution >= 0.6 is 12.2 Å². The molecule has 0 radical (unpaired) electrons. The van der Waals surface area contributed by atoms with Gasteiger partial charge in [0.05, 0.1) is 7.11 Å². The molecule has 6 nitrogen and oxygen atoms in total. The van der Waals surface area contributed by atoms with Crippen LogP contribution in [0.1, 0.15) is 28.0 Å². The third-order valence-corrected chi connectivity index (χ3v) is 5.93. The molecule has 4 rings (SSSR count). The monoisotopic (exact) mass is 435 g/mol. The van der Waals surface area contributed by atoms with Crippen LogP contribution in [0.15, 0.2) is 44.3 Å². The molecule has 0 aliphatic heterocycles. The van der Waals surface area contributed by atoms with Gasteiger partial charge < -0.3 is 18.9 Å². The quantitative estimate of drug-likeness (QED) is 0.326. The number of fused-ring (bicyclic) bond motifs is 2. The second-order valence-electron chi connectivity index (χ2n) is 7.60. The lowest BCUT2D eigenvalue weighted by Gasteiger charge is -2.10. The van der Waals surface area contributed by atoms with E-state index in [1.165, 1.54) is 0 Å². The van der Waals surface area contributed by atoms with Crippen molar-refractivity contribution in [3.8, 4) is 5.75 Å². The molecule has 2 aromatic heterocycles. The van der Waals surface area contributed by atoms with Crippen LogP contribution in [0, 0.1) is 34.6 Å². The molecular formula is C24H25N3O3S. The lowest BCUT2D eigenvalue weighted by molar-refractivity contribution is 0.415. The number of ether oxygens (including phenoxy) is 1. The van der Waals surface area contributed by atoms with Crippen LogP contribution < -0.4 is 21.0 Å². The highest BCUT2D eigenvalue weighted by molar-refractivity contribution is 7.80. The first-order chi connectivity index (χ1) is 14.8. The summed E-state index contributed by atoms with van der Waals surface area (Å²) in [6.07, 6.45) is 0. The van der Waals surface area contributed by atoms with Crippen molar-refractivity contribution in [3.05, 3.63) is 63.9 Å². The molecule has 0 saturated heterocycles. The van der Waals surface area contributed by atoms with Gasteiger partial charge in [0.15, 0.2) is 5.11 Å². The zero-order chi connectivity index (χ0) is 22.3. The first-order valence-corrected chi connectivity index (χ1v) is 10.4. The zero-order valence-electron chi connectivity index (χ0n) is 18.5. The van der Waals surface area contributed by atoms with Crippen molar-refractivity contribution in [3.63, 3.8) is 0 Å². The number of aryl methyl sites for hydroxylation is 4. The summed E-state index contributed by atoms with van der Waals surface area (Å²) in [6.45, 7) is 10.1. The highest BCUT2D eigenvalue weighted by Crippen LogP contribution is 2.34. The van der Waals surface area contributed by atoms with Crippen molar-refractivity contribution in [2.45, 2.75) is 34.6 Å². The summed E-state index contributed by atoms with van der Waals surface area (Å²) < 4.78 is 17.4. The second kappa shape index (κ2) is 8.07. The van der Waals surface area contributed by atoms with E-state index in [0.717, 1.165) is 61.4 Å². The molecule has 2 heterocycles. The maximum atomic E-state index is 6.20. The first kappa shape index (κ1) is 20.9. The van der Waals surface area contributed by atoms with Gasteiger partial charge in [0, 0.05) is 27.6 Å². The number of rotatable bonds is 3. The molecule has 2 aromatic carbocycles. The van der Waals surface area contributed by atoms with E-state index in [-0.39, 0.29) is 0 Å². The number of nitrogens with one attached hydrogen (secondary N) is 2. The number of thiocarbonyl (C=S) groups is 1. The minimum absolute atomic E-state index is 0.363. The van der Waals surface area contributed by atoms with Gasteiger partial charge in [-0.1, -0.05) is 0 Å². The average molecular weight is 436 g/mol. The van der Waals surface area contributed by atoms with Gasteiger partial charge in [0.25, 0.3) is 0 Å². The fraction of sp³-hybridized carbons (Fsp3) is 0.250. The van der Waals surface area contributed by atoms with Crippen molar-refractivity contribution < 1.29 is 13.6 Å². The minimum atomic E-state index is 0.363. The lowest BCUT2D eigenvalue weighted by atomic mass is 10.0. The summed E-state index contributed by atoms with van der Waals surface area (Å²) in [7, 11) is 1.63. The van der Waals surface area contributed by atoms with Crippen LogP contribution in [0.25, 0.3) is 21.9 Å². The van der Waals surface area contributed by atoms with Crippen LogP contribution in [0.5, 0.6) is 5.75 Å². The Bertz CT molecular complexity index is 1380. The largest absolute Gasteiger partial charge is 0.497 e. The number of methoxy groups -OCH3 is 1. The number of anilines is 1. The molecule has 0 spiro atoms. The second-order valence-corrected chi connectivity index (χ2v) is 8.01. The Balaban J connectivity index is 1.70. The summed E-state index contributed by atoms with van der Waals surface area (Å²) in [4.78, 5) is 0. The van der Waals surface area contributed by atoms with Crippen LogP contribution in [0.3, 0.4) is 0 Å². The van der Waals surface area contributed by atoms with Gasteiger partial charge in [-0.2, -0.15) is 0 Å². The topological polar surface area (TPSA) is 71.9 Å². The zero-order valence-corrected chi connectivity index (χ0v) is 19.3. The normalized spacial score (nSPS) is 11.9. The molecule has 0 unspecified atom stereocenters. The first-order valence-electron chi connectivity index (χ1n) is 9.98. The van der Waals surface area contributed by atoms with Crippen LogP contribution in [-0.2, 0) is 0 Å². The SMILES string of the molecule is COc1ccc(NC(=S)N/N=c2/oc3c(C)c4oc(C)c(C)c4cc3c(C)c2C)cc1. The van der Waals surface area contributed by atoms with Crippen molar-refractivity contribution in [1.29, 1.82) is 0 Å². The fourth-order valence-electron chi connectivity index (χ4n) is 3.60. The third kappa shape index (κ3) is 3.77. The van der Waals surface area contributed by atoms with E-state index in [4.69, 9.17) is 25.8 Å². The molecule has 0 aliphatic rings. The molecule has 31 heavy (non-hydrogen) atoms. The maximum Gasteiger partial charge on any atom is 0.239 e. The van der Waals surface area contributed by atoms with E-state index in [1.807, 2.05) is 45.0 Å². The molecule has 4 aromatic rings. The Kier molecular flexibility index (Phi) is 5.45. The van der Waals surface area contributed by atoms with E-state index >= 15 is 0 Å². The van der Waals surface area contributed by atoms with Gasteiger partial charge in [-0.3, -0.25) is 0 Å². The molecule has 0 bridgehead atoms. The molecule has 7 heteroatoms. The van der Waals surface area contributed by atoms with Crippen molar-refractivity contribution in [1.82, 2.24) is 5.43 Å². The maximum absolute atomic E-state index is 6.20. The number of furan rings is 1. The van der Waals surface area contributed by atoms with Gasteiger partial charge in [-0.25, -0.2) is 5.43 Å². The predicted octanol–water partition coefficient (Wildman–Crippen LogP) is 5.53. The standard InChI is InChI=1S/C24H25N3O3S/c1-12-13(2)23(26-27-24(31)25-17-7-9-18(28-6)10-8-17)30-22-15(4)21-20(11-19(12)22)14(3)16(5)29-21/h7-11H,1-6H3,(H2,25,27,31)/b26-23+. The average Bonchev–Trinajstić information content (AvgIpc) is 3.05. The molecule has 2 N–H and O–H groups in total. The Labute approximate surface area is 185 Å². The summed E-state index contributed by atoms with van der Waals surface area (Å²) in [5, 5.41) is 10.0. The summed E-state index contributed by atoms with van der Waals surface area (Å²) in [5.74, 6) is 1.70. The Morgan fingerprint density at radius 2 is 1.52 bits per heavy atom. The highest BCUT2D eigenvalue weighted by atomic mass is 32.1. The predicted molar refractivity (Wildman–Crippen MR) is 128 cm³/mol. The molecule has 0 aliphatic carbocycles. The molecule has 0 amide bonds. The highest BCUT2D eigenvalue weighted by Gasteiger charge is 2.16. The van der Waals surface area contributed by atoms with Gasteiger partial charge in [-0.05, 0) is 88.3 Å². The van der Waals surface area contributed by atoms with Crippen LogP contribution in [-0.4, -0.2) is 12.2 Å². The van der Waals surface area contributed by atoms with E-state index < -0.39 is 0 Å². The lowest BCUT2D eigenvalue weighted by Crippen LogP contribution is -2.27. The summed E-state index contributed by atoms with van der Waals surface area (Å²) in [6, 6.07) is 9.61. The van der Waals surface area contributed by atoms with E-state index in [9.17, 15) is 0 Å². The Hall–Kier alpha value is -3.32. The Morgan fingerprint density at radius 1 is 0.871 bits per heavy atom. The molecule has 0 atom stereocenters. The molecule has 0 saturated carbocycles. The number of benzene rings is 2. The summed E-state index contributed by atoms with van der Waals surface area (Å²) >= 11 is 5.37. The van der Waals surface area contributed by atoms with Crippen LogP contribution in [0.4, 0.5) is 5.69 Å². The fourth-order valence-corrected chi connectivity index (χ4v) is 3.76. The van der Waals surface area contributed by atoms with Crippen LogP contribution in [0.2, 0.25) is 0 Å². The van der Waals surface area contributed by atoms with Crippen molar-refractivity contribution in [2.24, 2.45) is 5.10 Å². The van der Waals surface area contributed by atoms with Gasteiger partial charge in [0.2, 0.25) is 5.55 Å². The van der Waals surface area contributed by atoms with E-state index in [2.05, 4.69) is 35.8 Å². The smallest absolute Gasteiger partial charge is 0.239 e. The number of nitrogens with zero attached hydrogens (tertiary/aromatic N) is 1. The minimum Gasteiger partial charge on any atom is -0.497 e. The molecule has 0 fully saturated rings. The van der Waals surface area contributed by atoms with Gasteiger partial charge in [-0.15, -0.1) is 5.10 Å². The van der Waals surface area contributed by atoms with Gasteiger partial charge in [0.1, 0.15) is 22.7 Å². The molecular weight excluding hydrogens is 410 g/mol. The van der Waals surface area contributed by atoms with Gasteiger partial charge >= 0.3 is 0 Å². The number of hydrogen-bond acceptors (Lipinski definition) is 5. The van der Waals surface area contributed by atoms with E-state index in [0.29, 0.717) is 10.7 Å². The van der Waals surface area contributed by atoms with Crippen molar-refractivity contribution >= 4 is 45.0 Å². The van der Waals surface area contributed by atoms with E-state index in [1.54, 1.807) is 7.11 Å². The Morgan fingerprint density at radius 3 is 2.19 bits per heavy atom. The summed E-state index contributed by atoms with van der Waals surface area (Å²) in [5.41, 5.74) is 9.97. The third-order valence-electron chi connectivity index (χ3n) is 5.74. The molecule has 160 valence electrons. The van der Waals surface area contributed by atoms with Crippen molar-refractivity contribution in [2.75, 3.05) is 12.4 Å².